The highest BCUT2D eigenvalue weighted by Gasteiger charge is 2.18. The van der Waals surface area contributed by atoms with Gasteiger partial charge in [-0.25, -0.2) is 13.4 Å². The molecule has 3 rings (SSSR count). The minimum atomic E-state index is -3.28. The summed E-state index contributed by atoms with van der Waals surface area (Å²) in [7, 11) is -3.28. The van der Waals surface area contributed by atoms with Crippen LogP contribution in [0.5, 0.6) is 0 Å². The van der Waals surface area contributed by atoms with E-state index in [1.54, 1.807) is 50.5 Å². The Labute approximate surface area is 160 Å². The zero-order chi connectivity index (χ0) is 19.3. The van der Waals surface area contributed by atoms with Crippen LogP contribution in [0, 0.1) is 11.8 Å². The van der Waals surface area contributed by atoms with Crippen molar-refractivity contribution in [2.24, 2.45) is 0 Å². The maximum Gasteiger partial charge on any atom is 0.180 e. The number of sulfone groups is 1. The molecule has 0 amide bonds. The lowest BCUT2D eigenvalue weighted by Crippen LogP contribution is -2.13. The molecule has 1 aromatic heterocycles. The van der Waals surface area contributed by atoms with E-state index < -0.39 is 15.1 Å². The average Bonchev–Trinajstić information content (AvgIpc) is 2.69. The van der Waals surface area contributed by atoms with Gasteiger partial charge in [0.1, 0.15) is 5.69 Å². The Morgan fingerprint density at radius 3 is 2.33 bits per heavy atom. The zero-order valence-electron chi connectivity index (χ0n) is 15.3. The van der Waals surface area contributed by atoms with Gasteiger partial charge in [0.15, 0.2) is 9.84 Å². The second kappa shape index (κ2) is 8.15. The molecule has 2 aromatic carbocycles. The molecule has 136 valence electrons. The number of rotatable bonds is 4. The maximum atomic E-state index is 12.2. The van der Waals surface area contributed by atoms with Gasteiger partial charge >= 0.3 is 0 Å². The monoisotopic (exact) mass is 376 g/mol. The van der Waals surface area contributed by atoms with E-state index in [1.807, 2.05) is 30.3 Å². The quantitative estimate of drug-likeness (QED) is 0.648. The number of nitrogens with zero attached hydrogens (tertiary/aromatic N) is 2. The van der Waals surface area contributed by atoms with Crippen molar-refractivity contribution >= 4 is 9.84 Å². The Kier molecular flexibility index (Phi) is 5.68. The van der Waals surface area contributed by atoms with Crippen LogP contribution in [-0.2, 0) is 16.3 Å². The minimum absolute atomic E-state index is 0.313. The molecule has 1 heterocycles. The number of hydrogen-bond donors (Lipinski definition) is 0. The summed E-state index contributed by atoms with van der Waals surface area (Å²) < 4.78 is 24.4. The molecule has 4 nitrogen and oxygen atoms in total. The van der Waals surface area contributed by atoms with Gasteiger partial charge in [-0.3, -0.25) is 4.98 Å². The van der Waals surface area contributed by atoms with Gasteiger partial charge in [-0.2, -0.15) is 0 Å². The van der Waals surface area contributed by atoms with E-state index in [4.69, 9.17) is 0 Å². The summed E-state index contributed by atoms with van der Waals surface area (Å²) in [6, 6.07) is 16.7. The Bertz CT molecular complexity index is 1080. The van der Waals surface area contributed by atoms with E-state index in [-0.39, 0.29) is 0 Å². The molecule has 0 saturated carbocycles. The normalized spacial score (nSPS) is 11.1. The Morgan fingerprint density at radius 2 is 1.67 bits per heavy atom. The highest BCUT2D eigenvalue weighted by molar-refractivity contribution is 7.92. The van der Waals surface area contributed by atoms with Crippen LogP contribution in [0.15, 0.2) is 71.9 Å². The first-order chi connectivity index (χ1) is 13.0. The standard InChI is InChI=1S/C22H20N2O2S/c1-17(2)27(25,26)21-13-11-19(12-14-21)22-16-23-15-20(24-22)10-6-9-18-7-4-3-5-8-18/h3-5,7-8,11-17H,9H2,1-2H3. The third-order valence-corrected chi connectivity index (χ3v) is 6.26. The summed E-state index contributed by atoms with van der Waals surface area (Å²) in [6.07, 6.45) is 3.92. The predicted molar refractivity (Wildman–Crippen MR) is 107 cm³/mol. The number of aromatic nitrogens is 2. The van der Waals surface area contributed by atoms with Crippen LogP contribution < -0.4 is 0 Å². The van der Waals surface area contributed by atoms with E-state index in [1.165, 1.54) is 0 Å². The summed E-state index contributed by atoms with van der Waals surface area (Å²) in [4.78, 5) is 9.03. The molecule has 0 radical (unpaired) electrons. The van der Waals surface area contributed by atoms with Gasteiger partial charge in [0.2, 0.25) is 0 Å². The van der Waals surface area contributed by atoms with Gasteiger partial charge in [0, 0.05) is 12.0 Å². The fourth-order valence-electron chi connectivity index (χ4n) is 2.49. The van der Waals surface area contributed by atoms with Gasteiger partial charge in [0.25, 0.3) is 0 Å². The summed E-state index contributed by atoms with van der Waals surface area (Å²) in [5.41, 5.74) is 3.20. The first-order valence-corrected chi connectivity index (χ1v) is 10.2. The molecule has 0 aliphatic carbocycles. The summed E-state index contributed by atoms with van der Waals surface area (Å²) in [5, 5.41) is -0.452. The van der Waals surface area contributed by atoms with Crippen LogP contribution in [0.4, 0.5) is 0 Å². The predicted octanol–water partition coefficient (Wildman–Crippen LogP) is 3.92. The van der Waals surface area contributed by atoms with Crippen LogP contribution in [0.2, 0.25) is 0 Å². The number of benzene rings is 2. The number of hydrogen-bond acceptors (Lipinski definition) is 4. The summed E-state index contributed by atoms with van der Waals surface area (Å²) in [6.45, 7) is 3.35. The lowest BCUT2D eigenvalue weighted by Gasteiger charge is -2.08. The molecule has 0 aliphatic rings. The largest absolute Gasteiger partial charge is 0.259 e. The zero-order valence-corrected chi connectivity index (χ0v) is 16.1. The van der Waals surface area contributed by atoms with Gasteiger partial charge in [-0.15, -0.1) is 0 Å². The van der Waals surface area contributed by atoms with E-state index in [0.29, 0.717) is 22.7 Å². The smallest absolute Gasteiger partial charge is 0.180 e. The van der Waals surface area contributed by atoms with E-state index in [9.17, 15) is 8.42 Å². The van der Waals surface area contributed by atoms with Crippen molar-refractivity contribution in [2.75, 3.05) is 0 Å². The summed E-state index contributed by atoms with van der Waals surface area (Å²) in [5.74, 6) is 6.14. The molecule has 27 heavy (non-hydrogen) atoms. The van der Waals surface area contributed by atoms with Crippen LogP contribution >= 0.6 is 0 Å². The van der Waals surface area contributed by atoms with E-state index >= 15 is 0 Å². The Balaban J connectivity index is 1.80. The van der Waals surface area contributed by atoms with Crippen molar-refractivity contribution in [3.8, 4) is 23.1 Å². The maximum absolute atomic E-state index is 12.2. The van der Waals surface area contributed by atoms with Crippen LogP contribution in [0.25, 0.3) is 11.3 Å². The van der Waals surface area contributed by atoms with Gasteiger partial charge in [0.05, 0.1) is 28.2 Å². The van der Waals surface area contributed by atoms with Crippen molar-refractivity contribution in [3.05, 3.63) is 78.2 Å². The first kappa shape index (κ1) is 18.8. The highest BCUT2D eigenvalue weighted by Crippen LogP contribution is 2.21. The van der Waals surface area contributed by atoms with Gasteiger partial charge in [-0.1, -0.05) is 48.4 Å². The van der Waals surface area contributed by atoms with Crippen LogP contribution in [0.3, 0.4) is 0 Å². The third-order valence-electron chi connectivity index (χ3n) is 4.09. The molecule has 5 heteroatoms. The second-order valence-electron chi connectivity index (χ2n) is 6.37. The van der Waals surface area contributed by atoms with E-state index in [2.05, 4.69) is 21.8 Å². The molecule has 0 N–H and O–H groups in total. The Morgan fingerprint density at radius 1 is 0.963 bits per heavy atom. The molecule has 0 bridgehead atoms. The molecular formula is C22H20N2O2S. The van der Waals surface area contributed by atoms with Crippen LogP contribution in [0.1, 0.15) is 25.1 Å². The highest BCUT2D eigenvalue weighted by atomic mass is 32.2. The lowest BCUT2D eigenvalue weighted by atomic mass is 10.1. The second-order valence-corrected chi connectivity index (χ2v) is 8.88. The molecule has 0 saturated heterocycles. The van der Waals surface area contributed by atoms with Crippen molar-refractivity contribution in [1.29, 1.82) is 0 Å². The fraction of sp³-hybridized carbons (Fsp3) is 0.182. The van der Waals surface area contributed by atoms with Crippen LogP contribution in [-0.4, -0.2) is 23.6 Å². The molecule has 0 atom stereocenters. The summed E-state index contributed by atoms with van der Waals surface area (Å²) >= 11 is 0. The Hall–Kier alpha value is -2.97. The SMILES string of the molecule is CC(C)S(=O)(=O)c1ccc(-c2cncc(C#CCc3ccccc3)n2)cc1. The molecular weight excluding hydrogens is 356 g/mol. The van der Waals surface area contributed by atoms with Crippen molar-refractivity contribution in [2.45, 2.75) is 30.4 Å². The average molecular weight is 376 g/mol. The third kappa shape index (κ3) is 4.60. The molecule has 0 fully saturated rings. The molecule has 0 aliphatic heterocycles. The lowest BCUT2D eigenvalue weighted by molar-refractivity contribution is 0.587. The van der Waals surface area contributed by atoms with E-state index in [0.717, 1.165) is 11.1 Å². The van der Waals surface area contributed by atoms with Gasteiger partial charge < -0.3 is 0 Å². The fourth-order valence-corrected chi connectivity index (χ4v) is 3.55. The first-order valence-electron chi connectivity index (χ1n) is 8.66. The topological polar surface area (TPSA) is 59.9 Å². The van der Waals surface area contributed by atoms with Crippen molar-refractivity contribution < 1.29 is 8.42 Å². The molecule has 0 spiro atoms. The van der Waals surface area contributed by atoms with Gasteiger partial charge in [-0.05, 0) is 37.5 Å². The van der Waals surface area contributed by atoms with Crippen molar-refractivity contribution in [3.63, 3.8) is 0 Å². The molecule has 0 unspecified atom stereocenters. The molecule has 3 aromatic rings. The minimum Gasteiger partial charge on any atom is -0.259 e. The van der Waals surface area contributed by atoms with Crippen molar-refractivity contribution in [1.82, 2.24) is 9.97 Å².